The number of nitrogens with one attached hydrogen (secondary N) is 1. The van der Waals surface area contributed by atoms with Gasteiger partial charge in [0.05, 0.1) is 12.3 Å². The lowest BCUT2D eigenvalue weighted by Crippen LogP contribution is -2.37. The summed E-state index contributed by atoms with van der Waals surface area (Å²) >= 11 is 0. The van der Waals surface area contributed by atoms with Crippen molar-refractivity contribution in [3.05, 3.63) is 83.9 Å². The monoisotopic (exact) mass is 429 g/mol. The van der Waals surface area contributed by atoms with Crippen LogP contribution in [-0.2, 0) is 15.1 Å². The first kappa shape index (κ1) is 20.8. The van der Waals surface area contributed by atoms with E-state index in [1.165, 1.54) is 6.33 Å². The number of hydrogen-bond acceptors (Lipinski definition) is 6. The van der Waals surface area contributed by atoms with Crippen molar-refractivity contribution in [2.24, 2.45) is 5.92 Å². The number of esters is 1. The third-order valence-corrected chi connectivity index (χ3v) is 6.73. The van der Waals surface area contributed by atoms with Crippen LogP contribution >= 0.6 is 0 Å². The summed E-state index contributed by atoms with van der Waals surface area (Å²) in [7, 11) is 0. The molecule has 1 unspecified atom stereocenters. The van der Waals surface area contributed by atoms with Gasteiger partial charge in [0.25, 0.3) is 0 Å². The van der Waals surface area contributed by atoms with E-state index in [0.29, 0.717) is 17.0 Å². The van der Waals surface area contributed by atoms with Gasteiger partial charge in [-0.3, -0.25) is 0 Å². The maximum atomic E-state index is 13.4. The number of aliphatic hydroxyl groups is 1. The zero-order valence-electron chi connectivity index (χ0n) is 17.9. The summed E-state index contributed by atoms with van der Waals surface area (Å²) in [4.78, 5) is 21.9. The van der Waals surface area contributed by atoms with Gasteiger partial charge in [-0.05, 0) is 55.5 Å². The number of carbonyl (C=O) groups is 1. The molecule has 6 heteroatoms. The zero-order chi connectivity index (χ0) is 22.0. The van der Waals surface area contributed by atoms with Crippen molar-refractivity contribution in [1.29, 1.82) is 0 Å². The average molecular weight is 430 g/mol. The van der Waals surface area contributed by atoms with Gasteiger partial charge in [0.1, 0.15) is 6.33 Å². The van der Waals surface area contributed by atoms with Gasteiger partial charge in [-0.15, -0.1) is 0 Å². The Morgan fingerprint density at radius 1 is 1.06 bits per heavy atom. The largest absolute Gasteiger partial charge is 0.462 e. The molecule has 0 bridgehead atoms. The summed E-state index contributed by atoms with van der Waals surface area (Å²) in [6, 6.07) is 16.8. The van der Waals surface area contributed by atoms with E-state index in [1.54, 1.807) is 18.3 Å². The molecule has 6 nitrogen and oxygen atoms in total. The second-order valence-electron chi connectivity index (χ2n) is 8.66. The van der Waals surface area contributed by atoms with Gasteiger partial charge in [-0.1, -0.05) is 48.5 Å². The van der Waals surface area contributed by atoms with Crippen LogP contribution in [-0.4, -0.2) is 40.7 Å². The third-order valence-electron chi connectivity index (χ3n) is 6.73. The Morgan fingerprint density at radius 3 is 2.34 bits per heavy atom. The van der Waals surface area contributed by atoms with E-state index in [4.69, 9.17) is 4.74 Å². The normalized spacial score (nSPS) is 17.9. The van der Waals surface area contributed by atoms with Gasteiger partial charge < -0.3 is 15.2 Å². The summed E-state index contributed by atoms with van der Waals surface area (Å²) < 4.78 is 5.84. The molecule has 2 heterocycles. The van der Waals surface area contributed by atoms with E-state index in [-0.39, 0.29) is 12.5 Å². The Bertz CT molecular complexity index is 1050. The van der Waals surface area contributed by atoms with Gasteiger partial charge >= 0.3 is 5.97 Å². The molecule has 0 saturated carbocycles. The summed E-state index contributed by atoms with van der Waals surface area (Å²) in [6.07, 6.45) is 6.33. The number of rotatable bonds is 6. The molecule has 0 amide bonds. The number of carbonyl (C=O) groups excluding carboxylic acids is 1. The quantitative estimate of drug-likeness (QED) is 0.584. The number of ether oxygens (including phenoxy) is 1. The van der Waals surface area contributed by atoms with Crippen LogP contribution in [0.4, 0.5) is 0 Å². The molecule has 32 heavy (non-hydrogen) atoms. The number of piperidine rings is 1. The van der Waals surface area contributed by atoms with E-state index in [1.807, 2.05) is 42.5 Å². The van der Waals surface area contributed by atoms with Gasteiger partial charge in [-0.2, -0.15) is 0 Å². The average Bonchev–Trinajstić information content (AvgIpc) is 3.13. The minimum Gasteiger partial charge on any atom is -0.462 e. The molecule has 5 rings (SSSR count). The molecule has 1 saturated heterocycles. The molecule has 2 aliphatic rings. The highest BCUT2D eigenvalue weighted by molar-refractivity contribution is 5.96. The number of fused-ring (bicyclic) bond motifs is 3. The van der Waals surface area contributed by atoms with Crippen molar-refractivity contribution >= 4 is 5.97 Å². The second kappa shape index (κ2) is 8.81. The number of aromatic nitrogens is 2. The maximum Gasteiger partial charge on any atom is 0.347 e. The van der Waals surface area contributed by atoms with Crippen molar-refractivity contribution in [2.45, 2.75) is 30.8 Å². The van der Waals surface area contributed by atoms with E-state index < -0.39 is 11.6 Å². The van der Waals surface area contributed by atoms with Crippen molar-refractivity contribution in [3.8, 4) is 11.1 Å². The molecule has 1 atom stereocenters. The van der Waals surface area contributed by atoms with E-state index >= 15 is 0 Å². The molecule has 0 radical (unpaired) electrons. The molecule has 1 aliphatic carbocycles. The highest BCUT2D eigenvalue weighted by atomic mass is 16.5. The summed E-state index contributed by atoms with van der Waals surface area (Å²) in [6.45, 7) is 2.19. The Labute approximate surface area is 187 Å². The van der Waals surface area contributed by atoms with Crippen molar-refractivity contribution in [3.63, 3.8) is 0 Å². The second-order valence-corrected chi connectivity index (χ2v) is 8.66. The van der Waals surface area contributed by atoms with Crippen molar-refractivity contribution in [2.75, 3.05) is 19.7 Å². The van der Waals surface area contributed by atoms with Gasteiger partial charge in [0, 0.05) is 23.2 Å². The van der Waals surface area contributed by atoms with E-state index in [2.05, 4.69) is 15.3 Å². The fourth-order valence-electron chi connectivity index (χ4n) is 5.05. The molecule has 3 aromatic rings. The van der Waals surface area contributed by atoms with Crippen LogP contribution in [0.2, 0.25) is 0 Å². The lowest BCUT2D eigenvalue weighted by molar-refractivity contribution is -0.162. The first-order chi connectivity index (χ1) is 15.7. The Kier molecular flexibility index (Phi) is 5.72. The molecule has 0 spiro atoms. The van der Waals surface area contributed by atoms with Gasteiger partial charge in [-0.25, -0.2) is 14.8 Å². The van der Waals surface area contributed by atoms with Crippen LogP contribution in [0.1, 0.15) is 42.0 Å². The van der Waals surface area contributed by atoms with Crippen LogP contribution < -0.4 is 5.32 Å². The summed E-state index contributed by atoms with van der Waals surface area (Å²) in [5.74, 6) is -0.134. The molecule has 1 fully saturated rings. The van der Waals surface area contributed by atoms with Crippen LogP contribution in [0.15, 0.2) is 67.1 Å². The van der Waals surface area contributed by atoms with Crippen molar-refractivity contribution < 1.29 is 14.6 Å². The fraction of sp³-hybridized carbons (Fsp3) is 0.346. The van der Waals surface area contributed by atoms with Crippen LogP contribution in [0, 0.1) is 5.92 Å². The number of nitrogens with zero attached hydrogens (tertiary/aromatic N) is 2. The molecule has 1 aromatic heterocycles. The standard InChI is InChI=1S/C26H27N3O3/c30-25(26(31)22-7-3-1-5-20(22)21-6-2-4-8-23(21)26)32-16-19(24-11-14-28-17-29-24)15-18-9-12-27-13-10-18/h1-8,11,14,17-19,27,31H,9-10,12-13,15-16H2. The van der Waals surface area contributed by atoms with Crippen LogP contribution in [0.25, 0.3) is 11.1 Å². The summed E-state index contributed by atoms with van der Waals surface area (Å²) in [5.41, 5.74) is 1.93. The zero-order valence-corrected chi connectivity index (χ0v) is 17.9. The Morgan fingerprint density at radius 2 is 1.72 bits per heavy atom. The molecule has 164 valence electrons. The summed E-state index contributed by atoms with van der Waals surface area (Å²) in [5, 5.41) is 15.1. The maximum absolute atomic E-state index is 13.4. The third kappa shape index (κ3) is 3.70. The van der Waals surface area contributed by atoms with Gasteiger partial charge in [0.15, 0.2) is 0 Å². The minimum atomic E-state index is -1.81. The molecule has 2 N–H and O–H groups in total. The molecular weight excluding hydrogens is 402 g/mol. The molecular formula is C26H27N3O3. The number of hydrogen-bond donors (Lipinski definition) is 2. The lowest BCUT2D eigenvalue weighted by Gasteiger charge is -2.28. The Balaban J connectivity index is 1.39. The minimum absolute atomic E-state index is 0.0412. The van der Waals surface area contributed by atoms with Crippen molar-refractivity contribution in [1.82, 2.24) is 15.3 Å². The van der Waals surface area contributed by atoms with E-state index in [0.717, 1.165) is 49.2 Å². The first-order valence-corrected chi connectivity index (χ1v) is 11.2. The number of benzene rings is 2. The molecule has 1 aliphatic heterocycles. The van der Waals surface area contributed by atoms with Gasteiger partial charge in [0.2, 0.25) is 5.60 Å². The van der Waals surface area contributed by atoms with Crippen LogP contribution in [0.5, 0.6) is 0 Å². The first-order valence-electron chi connectivity index (χ1n) is 11.2. The fourth-order valence-corrected chi connectivity index (χ4v) is 5.05. The van der Waals surface area contributed by atoms with E-state index in [9.17, 15) is 9.90 Å². The predicted octanol–water partition coefficient (Wildman–Crippen LogP) is 3.41. The lowest BCUT2D eigenvalue weighted by atomic mass is 9.86. The highest BCUT2D eigenvalue weighted by Gasteiger charge is 2.49. The highest BCUT2D eigenvalue weighted by Crippen LogP contribution is 2.48. The van der Waals surface area contributed by atoms with Crippen LogP contribution in [0.3, 0.4) is 0 Å². The molecule has 2 aromatic carbocycles. The SMILES string of the molecule is O=C(OCC(CC1CCNCC1)c1ccncn1)C1(O)c2ccccc2-c2ccccc21. The smallest absolute Gasteiger partial charge is 0.347 e. The Hall–Kier alpha value is -3.09. The predicted molar refractivity (Wildman–Crippen MR) is 121 cm³/mol. The topological polar surface area (TPSA) is 84.3 Å².